The van der Waals surface area contributed by atoms with Crippen LogP contribution in [-0.4, -0.2) is 30.0 Å². The number of ether oxygens (including phenoxy) is 1. The van der Waals surface area contributed by atoms with Gasteiger partial charge in [0.05, 0.1) is 12.8 Å². The van der Waals surface area contributed by atoms with Gasteiger partial charge in [-0.3, -0.25) is 0 Å². The van der Waals surface area contributed by atoms with Crippen LogP contribution >= 0.6 is 0 Å². The van der Waals surface area contributed by atoms with E-state index < -0.39 is 12.1 Å². The molecule has 0 radical (unpaired) electrons. The number of esters is 1. The third kappa shape index (κ3) is 1.98. The minimum atomic E-state index is -0.659. The van der Waals surface area contributed by atoms with Crippen LogP contribution in [0, 0.1) is 0 Å². The maximum absolute atomic E-state index is 11.2. The highest BCUT2D eigenvalue weighted by Gasteiger charge is 2.29. The topological polar surface area (TPSA) is 68.1 Å². The molecule has 1 aromatic rings. The minimum Gasteiger partial charge on any atom is -0.508 e. The molecule has 1 aliphatic heterocycles. The predicted octanol–water partition coefficient (Wildman–Crippen LogP) is 1.06. The first-order valence-corrected chi connectivity index (χ1v) is 4.80. The molecule has 1 aliphatic rings. The molecule has 1 heterocycles. The van der Waals surface area contributed by atoms with Crippen molar-refractivity contribution in [1.82, 2.24) is 0 Å². The fourth-order valence-corrected chi connectivity index (χ4v) is 1.46. The van der Waals surface area contributed by atoms with Crippen molar-refractivity contribution < 1.29 is 19.5 Å². The Labute approximate surface area is 92.3 Å². The van der Waals surface area contributed by atoms with Gasteiger partial charge in [-0.25, -0.2) is 4.79 Å². The van der Waals surface area contributed by atoms with Crippen LogP contribution in [0.1, 0.15) is 12.0 Å². The molecule has 0 spiro atoms. The highest BCUT2D eigenvalue weighted by atomic mass is 16.7. The van der Waals surface area contributed by atoms with Gasteiger partial charge in [0.2, 0.25) is 6.10 Å². The summed E-state index contributed by atoms with van der Waals surface area (Å²) in [6.45, 7) is 0. The monoisotopic (exact) mass is 221 g/mol. The van der Waals surface area contributed by atoms with Crippen LogP contribution in [0.5, 0.6) is 5.75 Å². The number of phenolic OH excluding ortho intramolecular Hbond substituents is 1. The van der Waals surface area contributed by atoms with Crippen LogP contribution in [0.4, 0.5) is 0 Å². The number of aromatic hydroxyl groups is 1. The molecule has 5 nitrogen and oxygen atoms in total. The summed E-state index contributed by atoms with van der Waals surface area (Å²) in [6.07, 6.45) is -0.272. The summed E-state index contributed by atoms with van der Waals surface area (Å²) in [5.41, 5.74) is 1.50. The second-order valence-corrected chi connectivity index (χ2v) is 3.41. The largest absolute Gasteiger partial charge is 0.508 e. The lowest BCUT2D eigenvalue weighted by Crippen LogP contribution is -2.22. The number of carbonyl (C=O) groups is 1. The van der Waals surface area contributed by atoms with E-state index in [-0.39, 0.29) is 5.75 Å². The van der Waals surface area contributed by atoms with Crippen molar-refractivity contribution in [3.8, 4) is 5.75 Å². The second kappa shape index (κ2) is 4.22. The molecule has 1 N–H and O–H groups in total. The number of nitrogens with zero attached hydrogens (tertiary/aromatic N) is 1. The van der Waals surface area contributed by atoms with Crippen molar-refractivity contribution in [2.24, 2.45) is 5.16 Å². The van der Waals surface area contributed by atoms with Crippen LogP contribution in [0.3, 0.4) is 0 Å². The number of methoxy groups -OCH3 is 1. The molecule has 1 atom stereocenters. The Bertz CT molecular complexity index is 424. The summed E-state index contributed by atoms with van der Waals surface area (Å²) >= 11 is 0. The van der Waals surface area contributed by atoms with Gasteiger partial charge in [0.25, 0.3) is 0 Å². The molecular weight excluding hydrogens is 210 g/mol. The van der Waals surface area contributed by atoms with Crippen LogP contribution < -0.4 is 0 Å². The van der Waals surface area contributed by atoms with Gasteiger partial charge < -0.3 is 14.7 Å². The Balaban J connectivity index is 2.08. The lowest BCUT2D eigenvalue weighted by atomic mass is 10.1. The predicted molar refractivity (Wildman–Crippen MR) is 56.1 cm³/mol. The van der Waals surface area contributed by atoms with Crippen molar-refractivity contribution in [3.05, 3.63) is 29.8 Å². The molecule has 16 heavy (non-hydrogen) atoms. The van der Waals surface area contributed by atoms with Gasteiger partial charge in [0.1, 0.15) is 5.75 Å². The van der Waals surface area contributed by atoms with Gasteiger partial charge in [0.15, 0.2) is 0 Å². The zero-order valence-electron chi connectivity index (χ0n) is 8.71. The van der Waals surface area contributed by atoms with Crippen molar-refractivity contribution in [2.75, 3.05) is 7.11 Å². The molecular formula is C11H11NO4. The van der Waals surface area contributed by atoms with E-state index in [0.717, 1.165) is 5.56 Å². The second-order valence-electron chi connectivity index (χ2n) is 3.41. The standard InChI is InChI=1S/C11H11NO4/c1-15-11(14)10-6-9(12-16-10)7-2-4-8(13)5-3-7/h2-5,10,13H,6H2,1H3/t10-/m1/s1. The number of oxime groups is 1. The van der Waals surface area contributed by atoms with E-state index in [4.69, 9.17) is 9.94 Å². The van der Waals surface area contributed by atoms with Crippen LogP contribution in [0.15, 0.2) is 29.4 Å². The number of rotatable bonds is 2. The molecule has 0 aromatic heterocycles. The number of hydrogen-bond donors (Lipinski definition) is 1. The number of phenols is 1. The third-order valence-corrected chi connectivity index (χ3v) is 2.33. The molecule has 0 saturated heterocycles. The van der Waals surface area contributed by atoms with Gasteiger partial charge >= 0.3 is 5.97 Å². The van der Waals surface area contributed by atoms with Crippen LogP contribution in [0.25, 0.3) is 0 Å². The number of carbonyl (C=O) groups excluding carboxylic acids is 1. The Morgan fingerprint density at radius 2 is 2.19 bits per heavy atom. The van der Waals surface area contributed by atoms with E-state index in [2.05, 4.69) is 9.89 Å². The Morgan fingerprint density at radius 3 is 2.81 bits per heavy atom. The fourth-order valence-electron chi connectivity index (χ4n) is 1.46. The van der Waals surface area contributed by atoms with Gasteiger partial charge in [0, 0.05) is 6.42 Å². The first-order valence-electron chi connectivity index (χ1n) is 4.80. The van der Waals surface area contributed by atoms with Crippen molar-refractivity contribution in [2.45, 2.75) is 12.5 Å². The molecule has 0 unspecified atom stereocenters. The molecule has 0 bridgehead atoms. The van der Waals surface area contributed by atoms with Gasteiger partial charge in [-0.05, 0) is 29.8 Å². The lowest BCUT2D eigenvalue weighted by Gasteiger charge is -2.04. The molecule has 0 saturated carbocycles. The van der Waals surface area contributed by atoms with Crippen LogP contribution in [0.2, 0.25) is 0 Å². The molecule has 0 amide bonds. The smallest absolute Gasteiger partial charge is 0.350 e. The zero-order chi connectivity index (χ0) is 11.5. The van der Waals surface area contributed by atoms with E-state index in [0.29, 0.717) is 12.1 Å². The lowest BCUT2D eigenvalue weighted by molar-refractivity contribution is -0.152. The van der Waals surface area contributed by atoms with Gasteiger partial charge in [-0.2, -0.15) is 0 Å². The van der Waals surface area contributed by atoms with E-state index in [1.54, 1.807) is 24.3 Å². The average Bonchev–Trinajstić information content (AvgIpc) is 2.78. The highest BCUT2D eigenvalue weighted by molar-refractivity contribution is 6.03. The summed E-state index contributed by atoms with van der Waals surface area (Å²) in [7, 11) is 1.31. The van der Waals surface area contributed by atoms with Crippen molar-refractivity contribution in [3.63, 3.8) is 0 Å². The Kier molecular flexibility index (Phi) is 2.76. The Morgan fingerprint density at radius 1 is 1.50 bits per heavy atom. The molecule has 0 fully saturated rings. The zero-order valence-corrected chi connectivity index (χ0v) is 8.71. The number of hydrogen-bond acceptors (Lipinski definition) is 5. The van der Waals surface area contributed by atoms with Crippen molar-refractivity contribution >= 4 is 11.7 Å². The van der Waals surface area contributed by atoms with Gasteiger partial charge in [-0.15, -0.1) is 0 Å². The Hall–Kier alpha value is -2.04. The normalized spacial score (nSPS) is 18.8. The summed E-state index contributed by atoms with van der Waals surface area (Å²) in [4.78, 5) is 16.1. The molecule has 2 rings (SSSR count). The third-order valence-electron chi connectivity index (χ3n) is 2.33. The number of benzene rings is 1. The summed E-state index contributed by atoms with van der Waals surface area (Å²) in [5, 5.41) is 13.0. The van der Waals surface area contributed by atoms with Crippen molar-refractivity contribution in [1.29, 1.82) is 0 Å². The van der Waals surface area contributed by atoms with E-state index in [1.165, 1.54) is 7.11 Å². The van der Waals surface area contributed by atoms with E-state index >= 15 is 0 Å². The fraction of sp³-hybridized carbons (Fsp3) is 0.273. The summed E-state index contributed by atoms with van der Waals surface area (Å²) < 4.78 is 4.56. The van der Waals surface area contributed by atoms with E-state index in [1.807, 2.05) is 0 Å². The average molecular weight is 221 g/mol. The minimum absolute atomic E-state index is 0.188. The highest BCUT2D eigenvalue weighted by Crippen LogP contribution is 2.19. The maximum atomic E-state index is 11.2. The first-order chi connectivity index (χ1) is 7.70. The molecule has 0 aliphatic carbocycles. The first kappa shape index (κ1) is 10.5. The quantitative estimate of drug-likeness (QED) is 0.758. The molecule has 5 heteroatoms. The van der Waals surface area contributed by atoms with E-state index in [9.17, 15) is 4.79 Å². The van der Waals surface area contributed by atoms with Crippen LogP contribution in [-0.2, 0) is 14.4 Å². The summed E-state index contributed by atoms with van der Waals surface area (Å²) in [5.74, 6) is -0.245. The molecule has 84 valence electrons. The maximum Gasteiger partial charge on any atom is 0.350 e. The van der Waals surface area contributed by atoms with Gasteiger partial charge in [-0.1, -0.05) is 5.16 Å². The SMILES string of the molecule is COC(=O)[C@H]1CC(c2ccc(O)cc2)=NO1. The molecule has 1 aromatic carbocycles. The summed E-state index contributed by atoms with van der Waals surface area (Å²) in [6, 6.07) is 6.56.